The van der Waals surface area contributed by atoms with E-state index in [4.69, 9.17) is 4.74 Å². The second kappa shape index (κ2) is 7.74. The third-order valence-corrected chi connectivity index (χ3v) is 3.98. The van der Waals surface area contributed by atoms with Gasteiger partial charge >= 0.3 is 0 Å². The molecule has 0 bridgehead atoms. The van der Waals surface area contributed by atoms with Crippen LogP contribution in [0.4, 0.5) is 0 Å². The van der Waals surface area contributed by atoms with Crippen LogP contribution in [0.2, 0.25) is 0 Å². The van der Waals surface area contributed by atoms with Gasteiger partial charge in [0.05, 0.1) is 12.7 Å². The maximum absolute atomic E-state index is 11.9. The third-order valence-electron chi connectivity index (χ3n) is 3.98. The standard InChI is InChI=1S/C14H26N2O2/c17-14(9-12-5-3-1-2-4-6-12)16-11-13-10-15-7-8-18-13/h12-13,15H,1-11H2,(H,16,17). The number of hydrogen-bond acceptors (Lipinski definition) is 3. The Morgan fingerprint density at radius 1 is 1.22 bits per heavy atom. The van der Waals surface area contributed by atoms with E-state index in [1.807, 2.05) is 0 Å². The highest BCUT2D eigenvalue weighted by atomic mass is 16.5. The quantitative estimate of drug-likeness (QED) is 0.747. The van der Waals surface area contributed by atoms with Crippen molar-refractivity contribution in [3.63, 3.8) is 0 Å². The number of carbonyl (C=O) groups excluding carboxylic acids is 1. The molecule has 0 radical (unpaired) electrons. The molecule has 1 saturated carbocycles. The Morgan fingerprint density at radius 2 is 2.00 bits per heavy atom. The zero-order chi connectivity index (χ0) is 12.6. The van der Waals surface area contributed by atoms with Gasteiger partial charge in [0, 0.05) is 26.1 Å². The first-order valence-electron chi connectivity index (χ1n) is 7.43. The Kier molecular flexibility index (Phi) is 5.94. The summed E-state index contributed by atoms with van der Waals surface area (Å²) in [5, 5.41) is 6.29. The lowest BCUT2D eigenvalue weighted by atomic mass is 9.96. The fourth-order valence-electron chi connectivity index (χ4n) is 2.88. The van der Waals surface area contributed by atoms with E-state index in [9.17, 15) is 4.79 Å². The summed E-state index contributed by atoms with van der Waals surface area (Å²) in [5.41, 5.74) is 0. The van der Waals surface area contributed by atoms with Gasteiger partial charge in [-0.25, -0.2) is 0 Å². The Bertz CT molecular complexity index is 244. The van der Waals surface area contributed by atoms with Crippen molar-refractivity contribution in [3.8, 4) is 0 Å². The van der Waals surface area contributed by atoms with Crippen molar-refractivity contribution < 1.29 is 9.53 Å². The molecule has 2 fully saturated rings. The summed E-state index contributed by atoms with van der Waals surface area (Å²) in [5.74, 6) is 0.814. The van der Waals surface area contributed by atoms with Crippen LogP contribution in [0.5, 0.6) is 0 Å². The number of hydrogen-bond donors (Lipinski definition) is 2. The second-order valence-electron chi connectivity index (χ2n) is 5.56. The molecule has 4 nitrogen and oxygen atoms in total. The van der Waals surface area contributed by atoms with E-state index in [1.165, 1.54) is 38.5 Å². The van der Waals surface area contributed by atoms with Gasteiger partial charge in [-0.1, -0.05) is 25.7 Å². The Labute approximate surface area is 110 Å². The minimum atomic E-state index is 0.150. The molecule has 1 aliphatic carbocycles. The molecule has 1 atom stereocenters. The molecule has 2 rings (SSSR count). The molecule has 1 aliphatic heterocycles. The van der Waals surface area contributed by atoms with E-state index in [-0.39, 0.29) is 12.0 Å². The van der Waals surface area contributed by atoms with E-state index in [0.29, 0.717) is 18.9 Å². The molecular formula is C14H26N2O2. The normalized spacial score (nSPS) is 26.6. The first kappa shape index (κ1) is 13.8. The van der Waals surface area contributed by atoms with Crippen LogP contribution in [-0.4, -0.2) is 38.3 Å². The predicted octanol–water partition coefficient (Wildman–Crippen LogP) is 1.45. The van der Waals surface area contributed by atoms with Gasteiger partial charge in [0.25, 0.3) is 0 Å². The van der Waals surface area contributed by atoms with Crippen LogP contribution in [0, 0.1) is 5.92 Å². The first-order chi connectivity index (χ1) is 8.84. The monoisotopic (exact) mass is 254 g/mol. The lowest BCUT2D eigenvalue weighted by Gasteiger charge is -2.24. The summed E-state index contributed by atoms with van der Waals surface area (Å²) >= 11 is 0. The zero-order valence-electron chi connectivity index (χ0n) is 11.2. The Hall–Kier alpha value is -0.610. The number of rotatable bonds is 4. The highest BCUT2D eigenvalue weighted by Crippen LogP contribution is 2.25. The van der Waals surface area contributed by atoms with Gasteiger partial charge in [0.1, 0.15) is 0 Å². The van der Waals surface area contributed by atoms with E-state index >= 15 is 0 Å². The molecular weight excluding hydrogens is 228 g/mol. The summed E-state index contributed by atoms with van der Waals surface area (Å²) in [6.45, 7) is 3.18. The maximum Gasteiger partial charge on any atom is 0.220 e. The minimum absolute atomic E-state index is 0.150. The number of ether oxygens (including phenoxy) is 1. The average Bonchev–Trinajstić information content (AvgIpc) is 2.66. The van der Waals surface area contributed by atoms with Crippen LogP contribution in [0.3, 0.4) is 0 Å². The molecule has 1 amide bonds. The molecule has 18 heavy (non-hydrogen) atoms. The van der Waals surface area contributed by atoms with Crippen LogP contribution >= 0.6 is 0 Å². The smallest absolute Gasteiger partial charge is 0.220 e. The van der Waals surface area contributed by atoms with Crippen LogP contribution in [0.1, 0.15) is 44.9 Å². The fraction of sp³-hybridized carbons (Fsp3) is 0.929. The molecule has 1 unspecified atom stereocenters. The highest BCUT2D eigenvalue weighted by molar-refractivity contribution is 5.76. The Balaban J connectivity index is 1.61. The third kappa shape index (κ3) is 4.94. The molecule has 2 N–H and O–H groups in total. The van der Waals surface area contributed by atoms with E-state index in [1.54, 1.807) is 0 Å². The van der Waals surface area contributed by atoms with Gasteiger partial charge in [-0.3, -0.25) is 4.79 Å². The minimum Gasteiger partial charge on any atom is -0.374 e. The van der Waals surface area contributed by atoms with Crippen molar-refractivity contribution in [1.29, 1.82) is 0 Å². The van der Waals surface area contributed by atoms with Gasteiger partial charge in [-0.05, 0) is 18.8 Å². The van der Waals surface area contributed by atoms with Gasteiger partial charge in [-0.2, -0.15) is 0 Å². The molecule has 4 heteroatoms. The number of amides is 1. The van der Waals surface area contributed by atoms with Crippen molar-refractivity contribution >= 4 is 5.91 Å². The molecule has 1 heterocycles. The van der Waals surface area contributed by atoms with Crippen molar-refractivity contribution in [3.05, 3.63) is 0 Å². The van der Waals surface area contributed by atoms with E-state index < -0.39 is 0 Å². The molecule has 0 aromatic heterocycles. The molecule has 0 aromatic rings. The van der Waals surface area contributed by atoms with Crippen LogP contribution in [0.25, 0.3) is 0 Å². The predicted molar refractivity (Wildman–Crippen MR) is 71.4 cm³/mol. The van der Waals surface area contributed by atoms with Crippen LogP contribution < -0.4 is 10.6 Å². The maximum atomic E-state index is 11.9. The summed E-state index contributed by atoms with van der Waals surface area (Å²) in [4.78, 5) is 11.9. The average molecular weight is 254 g/mol. The van der Waals surface area contributed by atoms with Gasteiger partial charge in [0.2, 0.25) is 5.91 Å². The number of morpholine rings is 1. The van der Waals surface area contributed by atoms with Crippen LogP contribution in [0.15, 0.2) is 0 Å². The zero-order valence-corrected chi connectivity index (χ0v) is 11.2. The first-order valence-corrected chi connectivity index (χ1v) is 7.43. The van der Waals surface area contributed by atoms with Crippen molar-refractivity contribution in [2.24, 2.45) is 5.92 Å². The molecule has 0 spiro atoms. The SMILES string of the molecule is O=C(CC1CCCCCC1)NCC1CNCCO1. The van der Waals surface area contributed by atoms with Crippen LogP contribution in [-0.2, 0) is 9.53 Å². The van der Waals surface area contributed by atoms with Gasteiger partial charge in [-0.15, -0.1) is 0 Å². The molecule has 104 valence electrons. The Morgan fingerprint density at radius 3 is 2.67 bits per heavy atom. The fourth-order valence-corrected chi connectivity index (χ4v) is 2.88. The lowest BCUT2D eigenvalue weighted by molar-refractivity contribution is -0.122. The molecule has 2 aliphatic rings. The van der Waals surface area contributed by atoms with E-state index in [2.05, 4.69) is 10.6 Å². The number of carbonyl (C=O) groups is 1. The van der Waals surface area contributed by atoms with Crippen molar-refractivity contribution in [2.45, 2.75) is 51.0 Å². The van der Waals surface area contributed by atoms with Crippen molar-refractivity contribution in [1.82, 2.24) is 10.6 Å². The highest BCUT2D eigenvalue weighted by Gasteiger charge is 2.18. The summed E-state index contributed by atoms with van der Waals surface area (Å²) in [6.07, 6.45) is 8.61. The molecule has 1 saturated heterocycles. The van der Waals surface area contributed by atoms with E-state index in [0.717, 1.165) is 19.7 Å². The summed E-state index contributed by atoms with van der Waals surface area (Å²) in [6, 6.07) is 0. The lowest BCUT2D eigenvalue weighted by Crippen LogP contribution is -2.45. The molecule has 0 aromatic carbocycles. The number of nitrogens with one attached hydrogen (secondary N) is 2. The van der Waals surface area contributed by atoms with Gasteiger partial charge in [0.15, 0.2) is 0 Å². The van der Waals surface area contributed by atoms with Crippen molar-refractivity contribution in [2.75, 3.05) is 26.2 Å². The van der Waals surface area contributed by atoms with Gasteiger partial charge < -0.3 is 15.4 Å². The topological polar surface area (TPSA) is 50.4 Å². The second-order valence-corrected chi connectivity index (χ2v) is 5.56. The summed E-state index contributed by atoms with van der Waals surface area (Å²) < 4.78 is 5.56. The summed E-state index contributed by atoms with van der Waals surface area (Å²) in [7, 11) is 0. The largest absolute Gasteiger partial charge is 0.374 e.